The molecule has 0 unspecified atom stereocenters. The average molecular weight is 391 g/mol. The Morgan fingerprint density at radius 3 is 2.29 bits per heavy atom. The number of nitrogens with one attached hydrogen (secondary N) is 2. The van der Waals surface area contributed by atoms with Crippen molar-refractivity contribution in [3.63, 3.8) is 0 Å². The van der Waals surface area contributed by atoms with Crippen LogP contribution in [0.15, 0.2) is 35.4 Å². The molecule has 0 saturated heterocycles. The number of Topliss-reactive ketones (excluding diaryl/α,β-unsaturated/α-hetero) is 1. The van der Waals surface area contributed by atoms with Crippen molar-refractivity contribution in [1.82, 2.24) is 10.2 Å². The number of amides is 1. The molecule has 1 amide bonds. The van der Waals surface area contributed by atoms with Gasteiger partial charge in [0.25, 0.3) is 0 Å². The number of carbonyl (C=O) groups excluding carboxylic acids is 2. The van der Waals surface area contributed by atoms with Gasteiger partial charge in [0.05, 0.1) is 17.8 Å². The normalized spacial score (nSPS) is 16.0. The van der Waals surface area contributed by atoms with E-state index in [1.807, 2.05) is 51.1 Å². The summed E-state index contributed by atoms with van der Waals surface area (Å²) in [6, 6.07) is 8.24. The lowest BCUT2D eigenvalue weighted by Crippen LogP contribution is -2.56. The molecule has 4 atom stereocenters. The first-order valence-corrected chi connectivity index (χ1v) is 9.63. The zero-order valence-corrected chi connectivity index (χ0v) is 17.7. The molecule has 0 aliphatic carbocycles. The molecule has 1 aromatic carbocycles. The minimum atomic E-state index is -0.905. The quantitative estimate of drug-likeness (QED) is 0.397. The van der Waals surface area contributed by atoms with Crippen LogP contribution in [0.3, 0.4) is 0 Å². The van der Waals surface area contributed by atoms with Crippen molar-refractivity contribution < 1.29 is 14.7 Å². The number of ketones is 1. The predicted octanol–water partition coefficient (Wildman–Crippen LogP) is 2.13. The number of benzene rings is 1. The topological polar surface area (TPSA) is 94.0 Å². The fourth-order valence-corrected chi connectivity index (χ4v) is 2.97. The molecule has 1 rings (SSSR count). The Morgan fingerprint density at radius 1 is 1.18 bits per heavy atom. The number of rotatable bonds is 11. The third-order valence-corrected chi connectivity index (χ3v) is 4.67. The van der Waals surface area contributed by atoms with E-state index in [4.69, 9.17) is 0 Å². The summed E-state index contributed by atoms with van der Waals surface area (Å²) in [5.41, 5.74) is 3.80. The fourth-order valence-electron chi connectivity index (χ4n) is 2.97. The minimum Gasteiger partial charge on any atom is -0.391 e. The molecular formula is C21H34N4O3. The molecule has 0 saturated carbocycles. The maximum Gasteiger partial charge on any atom is 0.240 e. The summed E-state index contributed by atoms with van der Waals surface area (Å²) in [7, 11) is 3.48. The van der Waals surface area contributed by atoms with E-state index in [1.165, 1.54) is 6.92 Å². The van der Waals surface area contributed by atoms with Crippen LogP contribution in [0.25, 0.3) is 0 Å². The van der Waals surface area contributed by atoms with Crippen molar-refractivity contribution in [3.05, 3.63) is 30.3 Å². The summed E-state index contributed by atoms with van der Waals surface area (Å²) >= 11 is 0. The van der Waals surface area contributed by atoms with Crippen LogP contribution in [0.2, 0.25) is 0 Å². The number of anilines is 1. The molecule has 0 aromatic heterocycles. The van der Waals surface area contributed by atoms with E-state index in [0.717, 1.165) is 5.69 Å². The Labute approximate surface area is 168 Å². The molecule has 0 spiro atoms. The number of hydrogen-bond donors (Lipinski definition) is 3. The van der Waals surface area contributed by atoms with E-state index in [0.29, 0.717) is 6.42 Å². The van der Waals surface area contributed by atoms with E-state index in [2.05, 4.69) is 15.8 Å². The van der Waals surface area contributed by atoms with Gasteiger partial charge in [-0.15, -0.1) is 0 Å². The second kappa shape index (κ2) is 11.6. The summed E-state index contributed by atoms with van der Waals surface area (Å²) in [6.07, 6.45) is 1.29. The standard InChI is InChI=1S/C21H34N4O3/c1-14(2)18(16(4)26)23-21(28)19(25(5)6)20(27)15(3)12-13-22-24-17-10-8-7-9-11-17/h7-11,13-15,18-20,24,27H,12H2,1-6H3,(H,23,28)/b22-13+/t15-,18-,19-,20-/m1/s1. The first kappa shape index (κ1) is 23.8. The third-order valence-electron chi connectivity index (χ3n) is 4.67. The number of hydrogen-bond acceptors (Lipinski definition) is 6. The van der Waals surface area contributed by atoms with Crippen LogP contribution < -0.4 is 10.7 Å². The van der Waals surface area contributed by atoms with Crippen LogP contribution in [-0.2, 0) is 9.59 Å². The van der Waals surface area contributed by atoms with E-state index in [9.17, 15) is 14.7 Å². The molecule has 0 aliphatic rings. The van der Waals surface area contributed by atoms with Gasteiger partial charge in [0.15, 0.2) is 5.78 Å². The highest BCUT2D eigenvalue weighted by Gasteiger charge is 2.34. The maximum absolute atomic E-state index is 12.8. The summed E-state index contributed by atoms with van der Waals surface area (Å²) in [6.45, 7) is 7.09. The Kier molecular flexibility index (Phi) is 9.82. The van der Waals surface area contributed by atoms with Crippen LogP contribution in [-0.4, -0.2) is 60.2 Å². The molecule has 0 radical (unpaired) electrons. The molecule has 0 bridgehead atoms. The number of nitrogens with zero attached hydrogens (tertiary/aromatic N) is 2. The molecule has 7 nitrogen and oxygen atoms in total. The largest absolute Gasteiger partial charge is 0.391 e. The van der Waals surface area contributed by atoms with Crippen molar-refractivity contribution in [2.75, 3.05) is 19.5 Å². The Morgan fingerprint density at radius 2 is 1.79 bits per heavy atom. The summed E-state index contributed by atoms with van der Waals surface area (Å²) in [4.78, 5) is 26.2. The Balaban J connectivity index is 2.70. The minimum absolute atomic E-state index is 0.0185. The van der Waals surface area contributed by atoms with Crippen molar-refractivity contribution in [3.8, 4) is 0 Å². The summed E-state index contributed by atoms with van der Waals surface area (Å²) in [5.74, 6) is -0.663. The number of aliphatic hydroxyl groups excluding tert-OH is 1. The van der Waals surface area contributed by atoms with Crippen LogP contribution >= 0.6 is 0 Å². The summed E-state index contributed by atoms with van der Waals surface area (Å²) in [5, 5.41) is 17.7. The fraction of sp³-hybridized carbons (Fsp3) is 0.571. The number of hydrazone groups is 1. The Hall–Kier alpha value is -2.25. The summed E-state index contributed by atoms with van der Waals surface area (Å²) < 4.78 is 0. The van der Waals surface area contributed by atoms with E-state index < -0.39 is 18.2 Å². The van der Waals surface area contributed by atoms with Gasteiger partial charge in [-0.05, 0) is 51.4 Å². The Bertz CT molecular complexity index is 646. The lowest BCUT2D eigenvalue weighted by Gasteiger charge is -2.32. The molecule has 0 heterocycles. The van der Waals surface area contributed by atoms with Gasteiger partial charge in [0.2, 0.25) is 5.91 Å². The highest BCUT2D eigenvalue weighted by Crippen LogP contribution is 2.15. The number of carbonyl (C=O) groups is 2. The monoisotopic (exact) mass is 390 g/mol. The SMILES string of the molecule is CC(=O)[C@H](NC(=O)[C@@H]([C@H](O)[C@H](C)C/C=N/Nc1ccccc1)N(C)C)C(C)C. The molecule has 3 N–H and O–H groups in total. The molecule has 0 fully saturated rings. The average Bonchev–Trinajstić information content (AvgIpc) is 2.63. The highest BCUT2D eigenvalue weighted by atomic mass is 16.3. The highest BCUT2D eigenvalue weighted by molar-refractivity contribution is 5.90. The van der Waals surface area contributed by atoms with Gasteiger partial charge in [-0.2, -0.15) is 5.10 Å². The lowest BCUT2D eigenvalue weighted by atomic mass is 9.93. The smallest absolute Gasteiger partial charge is 0.240 e. The molecule has 28 heavy (non-hydrogen) atoms. The maximum atomic E-state index is 12.8. The van der Waals surface area contributed by atoms with Crippen LogP contribution in [0, 0.1) is 11.8 Å². The van der Waals surface area contributed by atoms with Gasteiger partial charge >= 0.3 is 0 Å². The van der Waals surface area contributed by atoms with Gasteiger partial charge < -0.3 is 10.4 Å². The van der Waals surface area contributed by atoms with Gasteiger partial charge in [0.1, 0.15) is 6.04 Å². The number of para-hydroxylation sites is 1. The van der Waals surface area contributed by atoms with Gasteiger partial charge in [-0.1, -0.05) is 39.0 Å². The van der Waals surface area contributed by atoms with Crippen molar-refractivity contribution >= 4 is 23.6 Å². The zero-order valence-electron chi connectivity index (χ0n) is 17.7. The van der Waals surface area contributed by atoms with E-state index >= 15 is 0 Å². The third kappa shape index (κ3) is 7.40. The second-order valence-electron chi connectivity index (χ2n) is 7.74. The van der Waals surface area contributed by atoms with Gasteiger partial charge in [-0.25, -0.2) is 0 Å². The van der Waals surface area contributed by atoms with Crippen LogP contribution in [0.1, 0.15) is 34.1 Å². The second-order valence-corrected chi connectivity index (χ2v) is 7.74. The van der Waals surface area contributed by atoms with Crippen molar-refractivity contribution in [1.29, 1.82) is 0 Å². The molecule has 156 valence electrons. The van der Waals surface area contributed by atoms with Gasteiger partial charge in [0, 0.05) is 6.21 Å². The molecular weight excluding hydrogens is 356 g/mol. The number of aliphatic hydroxyl groups is 1. The van der Waals surface area contributed by atoms with Crippen LogP contribution in [0.4, 0.5) is 5.69 Å². The predicted molar refractivity (Wildman–Crippen MR) is 113 cm³/mol. The van der Waals surface area contributed by atoms with Crippen molar-refractivity contribution in [2.24, 2.45) is 16.9 Å². The van der Waals surface area contributed by atoms with E-state index in [-0.39, 0.29) is 23.5 Å². The first-order chi connectivity index (χ1) is 13.1. The van der Waals surface area contributed by atoms with Crippen LogP contribution in [0.5, 0.6) is 0 Å². The van der Waals surface area contributed by atoms with E-state index in [1.54, 1.807) is 25.2 Å². The molecule has 0 aliphatic heterocycles. The lowest BCUT2D eigenvalue weighted by molar-refractivity contribution is -0.134. The molecule has 1 aromatic rings. The van der Waals surface area contributed by atoms with Crippen molar-refractivity contribution in [2.45, 2.75) is 52.3 Å². The first-order valence-electron chi connectivity index (χ1n) is 9.63. The number of likely N-dealkylation sites (N-methyl/N-ethyl adjacent to an activating group) is 1. The zero-order chi connectivity index (χ0) is 21.3. The van der Waals surface area contributed by atoms with Gasteiger partial charge in [-0.3, -0.25) is 19.9 Å². The molecule has 7 heteroatoms.